The number of carbonyl (C=O) groups is 2. The molecule has 0 bridgehead atoms. The average Bonchev–Trinajstić information content (AvgIpc) is 2.36. The zero-order valence-corrected chi connectivity index (χ0v) is 9.01. The molecular weight excluding hydrogens is 216 g/mol. The first-order valence-corrected chi connectivity index (χ1v) is 5.04. The quantitative estimate of drug-likeness (QED) is 0.646. The molecule has 0 aliphatic carbocycles. The van der Waals surface area contributed by atoms with Crippen molar-refractivity contribution in [2.24, 2.45) is 0 Å². The number of carboxylic acids is 1. The van der Waals surface area contributed by atoms with Gasteiger partial charge < -0.3 is 5.11 Å². The summed E-state index contributed by atoms with van der Waals surface area (Å²) >= 11 is 0. The van der Waals surface area contributed by atoms with Crippen LogP contribution in [-0.2, 0) is 4.79 Å². The second-order valence-electron chi connectivity index (χ2n) is 3.65. The third-order valence-electron chi connectivity index (χ3n) is 2.67. The highest BCUT2D eigenvalue weighted by atomic mass is 16.4. The number of carbonyl (C=O) groups excluding carboxylic acids is 1. The van der Waals surface area contributed by atoms with Crippen molar-refractivity contribution in [2.75, 3.05) is 0 Å². The number of benzene rings is 2. The first-order valence-electron chi connectivity index (χ1n) is 5.04. The summed E-state index contributed by atoms with van der Waals surface area (Å²) in [5, 5.41) is 10.4. The molecule has 0 saturated heterocycles. The first kappa shape index (κ1) is 11.1. The van der Waals surface area contributed by atoms with Crippen LogP contribution in [-0.4, -0.2) is 17.4 Å². The van der Waals surface area contributed by atoms with E-state index in [1.165, 1.54) is 0 Å². The lowest BCUT2D eigenvalue weighted by molar-refractivity contribution is -0.130. The molecule has 2 aromatic carbocycles. The minimum atomic E-state index is -1.06. The maximum atomic E-state index is 10.9. The molecule has 3 nitrogen and oxygen atoms in total. The van der Waals surface area contributed by atoms with E-state index in [2.05, 4.69) is 6.58 Å². The van der Waals surface area contributed by atoms with Gasteiger partial charge in [-0.1, -0.05) is 43.0 Å². The van der Waals surface area contributed by atoms with Gasteiger partial charge in [0.05, 0.1) is 5.57 Å². The number of aliphatic carboxylic acids is 1. The van der Waals surface area contributed by atoms with Gasteiger partial charge >= 0.3 is 5.97 Å². The summed E-state index contributed by atoms with van der Waals surface area (Å²) in [5.74, 6) is -1.06. The highest BCUT2D eigenvalue weighted by Crippen LogP contribution is 2.26. The molecule has 0 spiro atoms. The molecule has 0 unspecified atom stereocenters. The third-order valence-corrected chi connectivity index (χ3v) is 2.67. The van der Waals surface area contributed by atoms with E-state index in [4.69, 9.17) is 5.11 Å². The Kier molecular flexibility index (Phi) is 2.75. The molecular formula is C14H10O3. The third kappa shape index (κ3) is 1.83. The highest BCUT2D eigenvalue weighted by Gasteiger charge is 2.12. The van der Waals surface area contributed by atoms with Crippen LogP contribution in [0.4, 0.5) is 0 Å². The SMILES string of the molecule is C=C(C(=O)O)c1ccc(C=O)c2ccccc12. The lowest BCUT2D eigenvalue weighted by atomic mass is 9.96. The Morgan fingerprint density at radius 3 is 2.35 bits per heavy atom. The fourth-order valence-electron chi connectivity index (χ4n) is 1.80. The standard InChI is InChI=1S/C14H10O3/c1-9(14(16)17)11-7-6-10(8-15)12-4-2-3-5-13(11)12/h2-8H,1H2,(H,16,17). The molecule has 0 radical (unpaired) electrons. The lowest BCUT2D eigenvalue weighted by Crippen LogP contribution is -1.99. The Morgan fingerprint density at radius 1 is 1.12 bits per heavy atom. The summed E-state index contributed by atoms with van der Waals surface area (Å²) in [4.78, 5) is 21.8. The van der Waals surface area contributed by atoms with E-state index < -0.39 is 5.97 Å². The van der Waals surface area contributed by atoms with Crippen molar-refractivity contribution >= 4 is 28.6 Å². The Balaban J connectivity index is 2.79. The zero-order valence-electron chi connectivity index (χ0n) is 9.01. The van der Waals surface area contributed by atoms with E-state index in [9.17, 15) is 9.59 Å². The smallest absolute Gasteiger partial charge is 0.335 e. The van der Waals surface area contributed by atoms with Crippen molar-refractivity contribution in [1.29, 1.82) is 0 Å². The van der Waals surface area contributed by atoms with Crippen LogP contribution in [0.25, 0.3) is 16.3 Å². The summed E-state index contributed by atoms with van der Waals surface area (Å²) in [6.07, 6.45) is 0.760. The van der Waals surface area contributed by atoms with Crippen LogP contribution in [0.15, 0.2) is 43.0 Å². The summed E-state index contributed by atoms with van der Waals surface area (Å²) in [5.41, 5.74) is 1.11. The van der Waals surface area contributed by atoms with Crippen molar-refractivity contribution in [3.8, 4) is 0 Å². The molecule has 0 fully saturated rings. The van der Waals surface area contributed by atoms with E-state index >= 15 is 0 Å². The highest BCUT2D eigenvalue weighted by molar-refractivity contribution is 6.19. The summed E-state index contributed by atoms with van der Waals surface area (Å²) in [6.45, 7) is 3.54. The Bertz CT molecular complexity index is 626. The largest absolute Gasteiger partial charge is 0.478 e. The number of rotatable bonds is 3. The number of fused-ring (bicyclic) bond motifs is 1. The van der Waals surface area contributed by atoms with Crippen molar-refractivity contribution in [1.82, 2.24) is 0 Å². The van der Waals surface area contributed by atoms with Gasteiger partial charge in [0.1, 0.15) is 0 Å². The number of hydrogen-bond donors (Lipinski definition) is 1. The molecule has 0 amide bonds. The Labute approximate surface area is 98.0 Å². The molecule has 1 N–H and O–H groups in total. The molecule has 0 atom stereocenters. The van der Waals surface area contributed by atoms with Crippen molar-refractivity contribution in [2.45, 2.75) is 0 Å². The Morgan fingerprint density at radius 2 is 1.76 bits per heavy atom. The van der Waals surface area contributed by atoms with E-state index in [1.54, 1.807) is 30.3 Å². The molecule has 0 aliphatic rings. The molecule has 2 aromatic rings. The predicted molar refractivity (Wildman–Crippen MR) is 66.0 cm³/mol. The molecule has 0 aromatic heterocycles. The molecule has 17 heavy (non-hydrogen) atoms. The maximum absolute atomic E-state index is 10.9. The van der Waals surface area contributed by atoms with E-state index in [0.717, 1.165) is 17.1 Å². The molecule has 2 rings (SSSR count). The maximum Gasteiger partial charge on any atom is 0.335 e. The van der Waals surface area contributed by atoms with Crippen LogP contribution in [0.5, 0.6) is 0 Å². The van der Waals surface area contributed by atoms with E-state index in [-0.39, 0.29) is 5.57 Å². The van der Waals surface area contributed by atoms with Crippen molar-refractivity contribution < 1.29 is 14.7 Å². The first-order chi connectivity index (χ1) is 8.15. The normalized spacial score (nSPS) is 10.1. The van der Waals surface area contributed by atoms with E-state index in [0.29, 0.717) is 11.1 Å². The molecule has 0 aliphatic heterocycles. The second kappa shape index (κ2) is 4.22. The minimum Gasteiger partial charge on any atom is -0.478 e. The van der Waals surface area contributed by atoms with Gasteiger partial charge in [-0.3, -0.25) is 4.79 Å². The van der Waals surface area contributed by atoms with Gasteiger partial charge in [-0.15, -0.1) is 0 Å². The van der Waals surface area contributed by atoms with Crippen LogP contribution in [0.2, 0.25) is 0 Å². The lowest BCUT2D eigenvalue weighted by Gasteiger charge is -2.07. The number of aldehydes is 1. The number of hydrogen-bond acceptors (Lipinski definition) is 2. The summed E-state index contributed by atoms with van der Waals surface area (Å²) < 4.78 is 0. The summed E-state index contributed by atoms with van der Waals surface area (Å²) in [7, 11) is 0. The van der Waals surface area contributed by atoms with E-state index in [1.807, 2.05) is 6.07 Å². The van der Waals surface area contributed by atoms with Crippen LogP contribution >= 0.6 is 0 Å². The van der Waals surface area contributed by atoms with Gasteiger partial charge in [0.2, 0.25) is 0 Å². The minimum absolute atomic E-state index is 0.0265. The van der Waals surface area contributed by atoms with Crippen LogP contribution in [0.1, 0.15) is 15.9 Å². The van der Waals surface area contributed by atoms with Crippen molar-refractivity contribution in [3.63, 3.8) is 0 Å². The fraction of sp³-hybridized carbons (Fsp3) is 0. The van der Waals surface area contributed by atoms with Gasteiger partial charge in [-0.25, -0.2) is 4.79 Å². The van der Waals surface area contributed by atoms with Crippen molar-refractivity contribution in [3.05, 3.63) is 54.1 Å². The second-order valence-corrected chi connectivity index (χ2v) is 3.65. The topological polar surface area (TPSA) is 54.4 Å². The van der Waals surface area contributed by atoms with Crippen LogP contribution < -0.4 is 0 Å². The monoisotopic (exact) mass is 226 g/mol. The van der Waals surface area contributed by atoms with Gasteiger partial charge in [0.15, 0.2) is 6.29 Å². The fourth-order valence-corrected chi connectivity index (χ4v) is 1.80. The average molecular weight is 226 g/mol. The predicted octanol–water partition coefficient (Wildman–Crippen LogP) is 2.75. The molecule has 0 heterocycles. The molecule has 3 heteroatoms. The van der Waals surface area contributed by atoms with Gasteiger partial charge in [0.25, 0.3) is 0 Å². The molecule has 0 saturated carbocycles. The van der Waals surface area contributed by atoms with Crippen LogP contribution in [0, 0.1) is 0 Å². The summed E-state index contributed by atoms with van der Waals surface area (Å²) in [6, 6.07) is 10.4. The zero-order chi connectivity index (χ0) is 12.4. The van der Waals surface area contributed by atoms with Gasteiger partial charge in [0, 0.05) is 5.56 Å². The van der Waals surface area contributed by atoms with Gasteiger partial charge in [-0.2, -0.15) is 0 Å². The Hall–Kier alpha value is -2.42. The van der Waals surface area contributed by atoms with Crippen LogP contribution in [0.3, 0.4) is 0 Å². The van der Waals surface area contributed by atoms with Gasteiger partial charge in [-0.05, 0) is 16.3 Å². The number of carboxylic acid groups (broad SMARTS) is 1. The molecule has 84 valence electrons.